The van der Waals surface area contributed by atoms with Crippen molar-refractivity contribution in [1.29, 1.82) is 0 Å². The van der Waals surface area contributed by atoms with E-state index in [4.69, 9.17) is 9.47 Å². The molecule has 9 atom stereocenters. The van der Waals surface area contributed by atoms with Crippen LogP contribution in [0.15, 0.2) is 58.3 Å². The van der Waals surface area contributed by atoms with Crippen LogP contribution in [0.4, 0.5) is 4.79 Å². The van der Waals surface area contributed by atoms with Crippen LogP contribution in [0.2, 0.25) is 0 Å². The molecular weight excluding hydrogens is 524 g/mol. The van der Waals surface area contributed by atoms with Crippen molar-refractivity contribution in [2.75, 3.05) is 6.54 Å². The molecule has 2 saturated carbocycles. The van der Waals surface area contributed by atoms with E-state index >= 15 is 0 Å². The molecule has 0 radical (unpaired) electrons. The van der Waals surface area contributed by atoms with E-state index in [0.717, 1.165) is 62.3 Å². The minimum atomic E-state index is -0.213. The number of hydrogen-bond acceptors (Lipinski definition) is 5. The van der Waals surface area contributed by atoms with E-state index in [0.29, 0.717) is 24.4 Å². The second-order valence-electron chi connectivity index (χ2n) is 14.9. The number of carbonyl (C=O) groups excluding carboxylic acids is 1. The Morgan fingerprint density at radius 1 is 1.17 bits per heavy atom. The highest BCUT2D eigenvalue weighted by molar-refractivity contribution is 5.96. The first kappa shape index (κ1) is 28.2. The second-order valence-corrected chi connectivity index (χ2v) is 14.9. The van der Waals surface area contributed by atoms with Gasteiger partial charge in [0.15, 0.2) is 0 Å². The van der Waals surface area contributed by atoms with Crippen molar-refractivity contribution in [2.45, 2.75) is 110 Å². The fraction of sp³-hybridized carbons (Fsp3) is 0.667. The molecule has 4 aliphatic carbocycles. The number of piperidine rings is 1. The second kappa shape index (κ2) is 10.5. The summed E-state index contributed by atoms with van der Waals surface area (Å²) in [6.07, 6.45) is 11.9. The van der Waals surface area contributed by atoms with E-state index in [9.17, 15) is 10.0 Å². The topological polar surface area (TPSA) is 71.4 Å². The van der Waals surface area contributed by atoms with Gasteiger partial charge in [0.05, 0.1) is 23.5 Å². The number of fused-ring (bicyclic) bond motifs is 6. The Bertz CT molecular complexity index is 1320. The van der Waals surface area contributed by atoms with Gasteiger partial charge >= 0.3 is 6.09 Å². The Morgan fingerprint density at radius 2 is 1.98 bits per heavy atom. The number of hydrogen-bond donors (Lipinski definition) is 1. The molecular formula is C36H48N2O4. The summed E-state index contributed by atoms with van der Waals surface area (Å²) in [7, 11) is 0. The molecule has 6 heteroatoms. The molecule has 0 bridgehead atoms. The molecule has 226 valence electrons. The van der Waals surface area contributed by atoms with Crippen molar-refractivity contribution in [3.05, 3.63) is 58.7 Å². The van der Waals surface area contributed by atoms with Crippen LogP contribution in [0.1, 0.15) is 91.0 Å². The summed E-state index contributed by atoms with van der Waals surface area (Å²) in [5, 5.41) is 13.0. The van der Waals surface area contributed by atoms with Gasteiger partial charge in [-0.2, -0.15) is 0 Å². The molecule has 2 saturated heterocycles. The van der Waals surface area contributed by atoms with Crippen molar-refractivity contribution in [3.8, 4) is 0 Å². The lowest BCUT2D eigenvalue weighted by molar-refractivity contribution is -0.0784. The van der Waals surface area contributed by atoms with Gasteiger partial charge in [0.1, 0.15) is 6.61 Å². The van der Waals surface area contributed by atoms with Gasteiger partial charge in [0, 0.05) is 12.5 Å². The van der Waals surface area contributed by atoms with Crippen LogP contribution < -0.4 is 0 Å². The molecule has 6 aliphatic rings. The summed E-state index contributed by atoms with van der Waals surface area (Å²) in [5.41, 5.74) is 6.65. The van der Waals surface area contributed by atoms with E-state index < -0.39 is 0 Å². The molecule has 6 nitrogen and oxygen atoms in total. The maximum atomic E-state index is 13.5. The number of ether oxygens (including phenoxy) is 2. The van der Waals surface area contributed by atoms with Crippen LogP contribution in [-0.4, -0.2) is 46.2 Å². The van der Waals surface area contributed by atoms with Crippen LogP contribution in [0.3, 0.4) is 0 Å². The van der Waals surface area contributed by atoms with E-state index in [1.54, 1.807) is 11.1 Å². The van der Waals surface area contributed by atoms with Crippen molar-refractivity contribution < 1.29 is 19.5 Å². The number of allylic oxidation sites excluding steroid dienone is 3. The van der Waals surface area contributed by atoms with Gasteiger partial charge < -0.3 is 19.6 Å². The number of nitrogens with zero attached hydrogens (tertiary/aromatic N) is 2. The van der Waals surface area contributed by atoms with Gasteiger partial charge in [-0.3, -0.25) is 0 Å². The first-order valence-electron chi connectivity index (χ1n) is 16.5. The van der Waals surface area contributed by atoms with Crippen LogP contribution in [0.25, 0.3) is 0 Å². The van der Waals surface area contributed by atoms with Gasteiger partial charge in [0.2, 0.25) is 0 Å². The summed E-state index contributed by atoms with van der Waals surface area (Å²) in [4.78, 5) is 15.5. The number of likely N-dealkylation sites (tertiary alicyclic amines) is 1. The Balaban J connectivity index is 1.12. The molecule has 2 aliphatic heterocycles. The molecule has 7 rings (SSSR count). The largest absolute Gasteiger partial charge is 0.445 e. The Morgan fingerprint density at radius 3 is 2.76 bits per heavy atom. The lowest BCUT2D eigenvalue weighted by Crippen LogP contribution is -2.54. The minimum Gasteiger partial charge on any atom is -0.445 e. The summed E-state index contributed by atoms with van der Waals surface area (Å²) in [5.74, 6) is 2.70. The van der Waals surface area contributed by atoms with Gasteiger partial charge in [0.25, 0.3) is 0 Å². The summed E-state index contributed by atoms with van der Waals surface area (Å²) in [6.45, 7) is 10.5. The summed E-state index contributed by atoms with van der Waals surface area (Å²) >= 11 is 0. The molecule has 1 aromatic rings. The predicted molar refractivity (Wildman–Crippen MR) is 163 cm³/mol. The highest BCUT2D eigenvalue weighted by Gasteiger charge is 2.60. The third-order valence-electron chi connectivity index (χ3n) is 12.6. The summed E-state index contributed by atoms with van der Waals surface area (Å²) in [6, 6.07) is 10.0. The third kappa shape index (κ3) is 4.46. The smallest absolute Gasteiger partial charge is 0.410 e. The van der Waals surface area contributed by atoms with E-state index in [-0.39, 0.29) is 35.2 Å². The van der Waals surface area contributed by atoms with Gasteiger partial charge in [-0.1, -0.05) is 73.0 Å². The van der Waals surface area contributed by atoms with Gasteiger partial charge in [-0.15, -0.1) is 0 Å². The van der Waals surface area contributed by atoms with Crippen LogP contribution in [0.5, 0.6) is 0 Å². The van der Waals surface area contributed by atoms with Crippen molar-refractivity contribution in [3.63, 3.8) is 0 Å². The fourth-order valence-electron chi connectivity index (χ4n) is 10.5. The number of oxime groups is 1. The highest BCUT2D eigenvalue weighted by Crippen LogP contribution is 2.64. The van der Waals surface area contributed by atoms with E-state index in [1.165, 1.54) is 24.8 Å². The van der Waals surface area contributed by atoms with E-state index in [1.807, 2.05) is 35.2 Å². The number of benzene rings is 1. The number of carbonyl (C=O) groups is 1. The molecule has 1 amide bonds. The zero-order valence-electron chi connectivity index (χ0n) is 25.9. The van der Waals surface area contributed by atoms with Gasteiger partial charge in [-0.25, -0.2) is 4.79 Å². The predicted octanol–water partition coefficient (Wildman–Crippen LogP) is 7.91. The average Bonchev–Trinajstić information content (AvgIpc) is 3.45. The average molecular weight is 573 g/mol. The highest BCUT2D eigenvalue weighted by atomic mass is 16.6. The lowest BCUT2D eigenvalue weighted by atomic mass is 9.56. The molecule has 4 fully saturated rings. The van der Waals surface area contributed by atoms with Crippen LogP contribution >= 0.6 is 0 Å². The Labute approximate surface area is 251 Å². The number of rotatable bonds is 2. The molecule has 2 heterocycles. The molecule has 1 aromatic carbocycles. The lowest BCUT2D eigenvalue weighted by Gasteiger charge is -2.48. The van der Waals surface area contributed by atoms with Crippen molar-refractivity contribution in [1.82, 2.24) is 4.90 Å². The Kier molecular flexibility index (Phi) is 7.07. The molecule has 0 unspecified atom stereocenters. The zero-order chi connectivity index (χ0) is 29.2. The molecule has 1 spiro atoms. The monoisotopic (exact) mass is 572 g/mol. The van der Waals surface area contributed by atoms with Crippen LogP contribution in [0, 0.1) is 35.0 Å². The first-order valence-corrected chi connectivity index (χ1v) is 16.5. The normalized spacial score (nSPS) is 42.0. The quantitative estimate of drug-likeness (QED) is 0.222. The zero-order valence-corrected chi connectivity index (χ0v) is 25.9. The maximum absolute atomic E-state index is 13.5. The molecule has 42 heavy (non-hydrogen) atoms. The van der Waals surface area contributed by atoms with Gasteiger partial charge in [-0.05, 0) is 105 Å². The fourth-order valence-corrected chi connectivity index (χ4v) is 10.5. The first-order chi connectivity index (χ1) is 20.2. The summed E-state index contributed by atoms with van der Waals surface area (Å²) < 4.78 is 13.0. The van der Waals surface area contributed by atoms with E-state index in [2.05, 4.69) is 38.9 Å². The van der Waals surface area contributed by atoms with Crippen molar-refractivity contribution in [2.24, 2.45) is 40.2 Å². The molecule has 1 N–H and O–H groups in total. The minimum absolute atomic E-state index is 0.0684. The SMILES string of the molecule is CC1=C2C[C@H]3[C@@H](CCC4=CC(=NO)CC[C@@]43C)[C@@H]2CC[C@@]2(C1)O[C@@H]1C[C@H](C)CN(C(=O)OCc3ccccc3)[C@H]1[C@H]2C. The molecule has 0 aromatic heterocycles. The maximum Gasteiger partial charge on any atom is 0.410 e. The number of amides is 1. The van der Waals surface area contributed by atoms with Crippen LogP contribution in [-0.2, 0) is 16.1 Å². The van der Waals surface area contributed by atoms with Crippen molar-refractivity contribution >= 4 is 11.8 Å². The Hall–Kier alpha value is -2.60. The third-order valence-corrected chi connectivity index (χ3v) is 12.6. The standard InChI is InChI=1S/C36H48N2O4/c1-22-16-32-33(38(20-22)34(39)41-21-25-8-6-5-7-9-25)24(3)36(42-32)15-13-28-29-11-10-26-17-27(37-40)12-14-35(26,4)31(29)18-30(28)23(2)19-36/h5-9,17,22,24,28-29,31-33,40H,10-16,18-21H2,1-4H3/t22-,24+,28-,29-,31-,32+,33-,35-,36-/m0/s1.